The number of rotatable bonds is 4. The topological polar surface area (TPSA) is 103 Å². The molecule has 164 valence electrons. The second kappa shape index (κ2) is 7.99. The second-order valence-electron chi connectivity index (χ2n) is 7.53. The van der Waals surface area contributed by atoms with Crippen LogP contribution in [0.25, 0.3) is 22.2 Å². The molecule has 0 bridgehead atoms. The standard InChI is InChI=1S/C24H18ClN5O2S/c1-15-9-11-16(12-10-15)14-27-30-23(26)22(33(31,32)18-6-4-5-17(25)13-18)21-24(30)29-20-8-3-2-7-19(20)28-21/h2-14H,26H2,1H3/b27-14+. The van der Waals surface area contributed by atoms with E-state index in [2.05, 4.69) is 15.1 Å². The highest BCUT2D eigenvalue weighted by molar-refractivity contribution is 7.92. The summed E-state index contributed by atoms with van der Waals surface area (Å²) in [5.74, 6) is -0.0800. The summed E-state index contributed by atoms with van der Waals surface area (Å²) >= 11 is 6.06. The zero-order valence-corrected chi connectivity index (χ0v) is 19.0. The van der Waals surface area contributed by atoms with Gasteiger partial charge in [-0.25, -0.2) is 18.4 Å². The van der Waals surface area contributed by atoms with Gasteiger partial charge >= 0.3 is 0 Å². The van der Waals surface area contributed by atoms with Gasteiger partial charge in [-0.3, -0.25) is 0 Å². The number of aromatic nitrogens is 3. The maximum Gasteiger partial charge on any atom is 0.212 e. The van der Waals surface area contributed by atoms with E-state index in [1.807, 2.05) is 43.3 Å². The minimum absolute atomic E-state index is 0.0122. The van der Waals surface area contributed by atoms with Gasteiger partial charge in [-0.2, -0.15) is 9.78 Å². The lowest BCUT2D eigenvalue weighted by Crippen LogP contribution is -2.06. The minimum atomic E-state index is -4.06. The first kappa shape index (κ1) is 21.1. The fraction of sp³-hybridized carbons (Fsp3) is 0.0417. The van der Waals surface area contributed by atoms with Crippen LogP contribution in [0.1, 0.15) is 11.1 Å². The third-order valence-corrected chi connectivity index (χ3v) is 7.25. The van der Waals surface area contributed by atoms with Gasteiger partial charge in [-0.05, 0) is 42.8 Å². The molecule has 9 heteroatoms. The fourth-order valence-corrected chi connectivity index (χ4v) is 5.32. The van der Waals surface area contributed by atoms with Crippen molar-refractivity contribution in [2.24, 2.45) is 5.10 Å². The van der Waals surface area contributed by atoms with Gasteiger partial charge in [0.15, 0.2) is 5.65 Å². The average Bonchev–Trinajstić information content (AvgIpc) is 3.08. The molecule has 0 aliphatic heterocycles. The van der Waals surface area contributed by atoms with Crippen molar-refractivity contribution in [3.8, 4) is 0 Å². The van der Waals surface area contributed by atoms with E-state index in [1.165, 1.54) is 16.8 Å². The molecule has 0 unspecified atom stereocenters. The van der Waals surface area contributed by atoms with Crippen LogP contribution in [0.15, 0.2) is 87.7 Å². The Labute approximate surface area is 195 Å². The minimum Gasteiger partial charge on any atom is -0.382 e. The maximum absolute atomic E-state index is 13.6. The van der Waals surface area contributed by atoms with Crippen LogP contribution in [0.4, 0.5) is 5.82 Å². The van der Waals surface area contributed by atoms with Gasteiger partial charge in [0.25, 0.3) is 0 Å². The van der Waals surface area contributed by atoms with Crippen LogP contribution in [0, 0.1) is 6.92 Å². The number of halogens is 1. The number of hydrogen-bond donors (Lipinski definition) is 1. The monoisotopic (exact) mass is 475 g/mol. The second-order valence-corrected chi connectivity index (χ2v) is 9.85. The Balaban J connectivity index is 1.79. The summed E-state index contributed by atoms with van der Waals surface area (Å²) in [7, 11) is -4.06. The summed E-state index contributed by atoms with van der Waals surface area (Å²) in [4.78, 5) is 9.08. The van der Waals surface area contributed by atoms with E-state index < -0.39 is 9.84 Å². The van der Waals surface area contributed by atoms with Crippen molar-refractivity contribution in [2.75, 3.05) is 5.73 Å². The van der Waals surface area contributed by atoms with Gasteiger partial charge in [0.2, 0.25) is 9.84 Å². The van der Waals surface area contributed by atoms with Gasteiger partial charge < -0.3 is 5.73 Å². The van der Waals surface area contributed by atoms with E-state index in [0.717, 1.165) is 11.1 Å². The molecule has 2 aromatic heterocycles. The molecule has 0 spiro atoms. The van der Waals surface area contributed by atoms with E-state index in [-0.39, 0.29) is 26.8 Å². The molecule has 2 N–H and O–H groups in total. The van der Waals surface area contributed by atoms with Crippen molar-refractivity contribution >= 4 is 55.7 Å². The van der Waals surface area contributed by atoms with Crippen molar-refractivity contribution in [2.45, 2.75) is 16.7 Å². The maximum atomic E-state index is 13.6. The normalized spacial score (nSPS) is 12.2. The van der Waals surface area contributed by atoms with E-state index in [1.54, 1.807) is 30.5 Å². The molecule has 3 aromatic carbocycles. The lowest BCUT2D eigenvalue weighted by molar-refractivity contribution is 0.597. The predicted molar refractivity (Wildman–Crippen MR) is 131 cm³/mol. The highest BCUT2D eigenvalue weighted by atomic mass is 35.5. The van der Waals surface area contributed by atoms with Crippen molar-refractivity contribution < 1.29 is 8.42 Å². The number of sulfone groups is 1. The third kappa shape index (κ3) is 3.73. The Morgan fingerprint density at radius 2 is 1.67 bits per heavy atom. The average molecular weight is 476 g/mol. The van der Waals surface area contributed by atoms with Gasteiger partial charge in [-0.15, -0.1) is 0 Å². The lowest BCUT2D eigenvalue weighted by atomic mass is 10.2. The Morgan fingerprint density at radius 1 is 0.970 bits per heavy atom. The van der Waals surface area contributed by atoms with Crippen LogP contribution in [0.3, 0.4) is 0 Å². The smallest absolute Gasteiger partial charge is 0.212 e. The third-order valence-electron chi connectivity index (χ3n) is 5.20. The molecule has 0 radical (unpaired) electrons. The Bertz CT molecular complexity index is 1660. The number of fused-ring (bicyclic) bond motifs is 2. The van der Waals surface area contributed by atoms with Gasteiger partial charge in [0.1, 0.15) is 16.2 Å². The molecular weight excluding hydrogens is 458 g/mol. The molecule has 2 heterocycles. The molecule has 0 atom stereocenters. The Kier molecular flexibility index (Phi) is 5.11. The number of anilines is 1. The van der Waals surface area contributed by atoms with Crippen LogP contribution in [-0.2, 0) is 9.84 Å². The molecule has 5 aromatic rings. The molecule has 0 saturated carbocycles. The zero-order valence-electron chi connectivity index (χ0n) is 17.5. The summed E-state index contributed by atoms with van der Waals surface area (Å²) in [6.07, 6.45) is 1.60. The van der Waals surface area contributed by atoms with Crippen LogP contribution >= 0.6 is 11.6 Å². The number of hydrogen-bond acceptors (Lipinski definition) is 6. The van der Waals surface area contributed by atoms with E-state index >= 15 is 0 Å². The van der Waals surface area contributed by atoms with Crippen molar-refractivity contribution in [1.82, 2.24) is 14.6 Å². The number of nitrogens with two attached hydrogens (primary N) is 1. The summed E-state index contributed by atoms with van der Waals surface area (Å²) in [5, 5.41) is 4.76. The summed E-state index contributed by atoms with van der Waals surface area (Å²) in [6.45, 7) is 1.99. The molecule has 0 amide bonds. The summed E-state index contributed by atoms with van der Waals surface area (Å²) < 4.78 is 28.5. The first-order valence-corrected chi connectivity index (χ1v) is 11.9. The Morgan fingerprint density at radius 3 is 2.36 bits per heavy atom. The first-order chi connectivity index (χ1) is 15.8. The van der Waals surface area contributed by atoms with E-state index in [0.29, 0.717) is 16.1 Å². The molecule has 0 aliphatic rings. The zero-order chi connectivity index (χ0) is 23.2. The largest absolute Gasteiger partial charge is 0.382 e. The quantitative estimate of drug-likeness (QED) is 0.374. The number of benzene rings is 3. The summed E-state index contributed by atoms with van der Waals surface area (Å²) in [6, 6.07) is 21.0. The predicted octanol–water partition coefficient (Wildman–Crippen LogP) is 4.84. The summed E-state index contributed by atoms with van der Waals surface area (Å²) in [5.41, 5.74) is 9.87. The van der Waals surface area contributed by atoms with Gasteiger partial charge in [0, 0.05) is 5.02 Å². The first-order valence-electron chi connectivity index (χ1n) is 10.0. The van der Waals surface area contributed by atoms with Crippen LogP contribution < -0.4 is 5.73 Å². The number of para-hydroxylation sites is 2. The molecule has 5 rings (SSSR count). The lowest BCUT2D eigenvalue weighted by Gasteiger charge is -2.05. The number of aryl methyl sites for hydroxylation is 1. The highest BCUT2D eigenvalue weighted by Crippen LogP contribution is 2.35. The SMILES string of the molecule is Cc1ccc(/C=N/n2c(N)c(S(=O)(=O)c3cccc(Cl)c3)c3nc4ccccc4nc32)cc1. The van der Waals surface area contributed by atoms with E-state index in [9.17, 15) is 8.42 Å². The van der Waals surface area contributed by atoms with Crippen molar-refractivity contribution in [3.05, 3.63) is 88.9 Å². The molecule has 7 nitrogen and oxygen atoms in total. The molecule has 33 heavy (non-hydrogen) atoms. The van der Waals surface area contributed by atoms with Crippen molar-refractivity contribution in [1.29, 1.82) is 0 Å². The molecule has 0 aliphatic carbocycles. The molecular formula is C24H18ClN5O2S. The highest BCUT2D eigenvalue weighted by Gasteiger charge is 2.30. The van der Waals surface area contributed by atoms with Crippen LogP contribution in [0.2, 0.25) is 5.02 Å². The Hall–Kier alpha value is -3.75. The molecule has 0 saturated heterocycles. The van der Waals surface area contributed by atoms with Crippen LogP contribution in [-0.4, -0.2) is 29.3 Å². The number of nitrogens with zero attached hydrogens (tertiary/aromatic N) is 4. The fourth-order valence-electron chi connectivity index (χ4n) is 3.53. The van der Waals surface area contributed by atoms with Crippen LogP contribution in [0.5, 0.6) is 0 Å². The van der Waals surface area contributed by atoms with Gasteiger partial charge in [0.05, 0.1) is 22.1 Å². The van der Waals surface area contributed by atoms with Crippen molar-refractivity contribution in [3.63, 3.8) is 0 Å². The number of nitrogen functional groups attached to an aromatic ring is 1. The van der Waals surface area contributed by atoms with Gasteiger partial charge in [-0.1, -0.05) is 59.6 Å². The molecule has 0 fully saturated rings. The van der Waals surface area contributed by atoms with E-state index in [4.69, 9.17) is 17.3 Å².